The van der Waals surface area contributed by atoms with Crippen LogP contribution >= 0.6 is 0 Å². The fraction of sp³-hybridized carbons (Fsp3) is 0.353. The number of nitriles is 1. The summed E-state index contributed by atoms with van der Waals surface area (Å²) in [4.78, 5) is 13.7. The molecule has 1 aromatic heterocycles. The van der Waals surface area contributed by atoms with Crippen LogP contribution in [0.15, 0.2) is 30.5 Å². The number of aromatic nitrogens is 2. The highest BCUT2D eigenvalue weighted by atomic mass is 19.1. The van der Waals surface area contributed by atoms with Gasteiger partial charge >= 0.3 is 0 Å². The van der Waals surface area contributed by atoms with Crippen molar-refractivity contribution in [3.63, 3.8) is 0 Å². The third-order valence-corrected chi connectivity index (χ3v) is 4.28. The molecule has 0 spiro atoms. The van der Waals surface area contributed by atoms with Gasteiger partial charge in [0.2, 0.25) is 0 Å². The van der Waals surface area contributed by atoms with Gasteiger partial charge in [0.1, 0.15) is 23.1 Å². The predicted molar refractivity (Wildman–Crippen MR) is 87.2 cm³/mol. The second kappa shape index (κ2) is 6.71. The largest absolute Gasteiger partial charge is 0.368 e. The zero-order valence-electron chi connectivity index (χ0n) is 13.4. The molecule has 1 saturated heterocycles. The monoisotopic (exact) mass is 327 g/mol. The number of hydrogen-bond acceptors (Lipinski definition) is 4. The summed E-state index contributed by atoms with van der Waals surface area (Å²) >= 11 is 0. The quantitative estimate of drug-likeness (QED) is 0.937. The number of carbonyl (C=O) groups is 1. The fourth-order valence-electron chi connectivity index (χ4n) is 3.07. The summed E-state index contributed by atoms with van der Waals surface area (Å²) in [6.07, 6.45) is 3.61. The van der Waals surface area contributed by atoms with Gasteiger partial charge in [-0.1, -0.05) is 6.07 Å². The van der Waals surface area contributed by atoms with Gasteiger partial charge in [-0.2, -0.15) is 10.4 Å². The molecule has 1 N–H and O–H groups in total. The van der Waals surface area contributed by atoms with Crippen molar-refractivity contribution in [2.45, 2.75) is 18.9 Å². The van der Waals surface area contributed by atoms with E-state index in [1.54, 1.807) is 36.1 Å². The van der Waals surface area contributed by atoms with Gasteiger partial charge in [-0.05, 0) is 31.0 Å². The van der Waals surface area contributed by atoms with E-state index < -0.39 is 5.82 Å². The average molecular weight is 327 g/mol. The van der Waals surface area contributed by atoms with E-state index in [1.807, 2.05) is 11.0 Å². The molecule has 0 bridgehead atoms. The first-order valence-electron chi connectivity index (χ1n) is 7.85. The van der Waals surface area contributed by atoms with Crippen LogP contribution in [0.25, 0.3) is 0 Å². The van der Waals surface area contributed by atoms with Crippen LogP contribution in [0.5, 0.6) is 0 Å². The number of anilines is 1. The molecule has 24 heavy (non-hydrogen) atoms. The van der Waals surface area contributed by atoms with Crippen LogP contribution in [0.2, 0.25) is 0 Å². The van der Waals surface area contributed by atoms with Gasteiger partial charge in [0.25, 0.3) is 5.91 Å². The zero-order chi connectivity index (χ0) is 17.1. The molecule has 3 rings (SSSR count). The third-order valence-electron chi connectivity index (χ3n) is 4.28. The standard InChI is InChI=1S/C17H18FN5O/c1-20-17(24)15-7-9-23(21-15)12-4-3-8-22(11-12)16-6-2-5-14(18)13(16)10-19/h2,5-7,9,12H,3-4,8,11H2,1H3,(H,20,24)/t12-/m1/s1. The minimum Gasteiger partial charge on any atom is -0.368 e. The van der Waals surface area contributed by atoms with E-state index in [2.05, 4.69) is 10.4 Å². The first kappa shape index (κ1) is 16.0. The van der Waals surface area contributed by atoms with E-state index in [0.717, 1.165) is 19.4 Å². The van der Waals surface area contributed by atoms with Crippen LogP contribution in [-0.4, -0.2) is 35.8 Å². The van der Waals surface area contributed by atoms with Gasteiger partial charge in [0.15, 0.2) is 0 Å². The van der Waals surface area contributed by atoms with Crippen molar-refractivity contribution in [1.82, 2.24) is 15.1 Å². The van der Waals surface area contributed by atoms with E-state index in [4.69, 9.17) is 0 Å². The van der Waals surface area contributed by atoms with Crippen molar-refractivity contribution in [3.05, 3.63) is 47.5 Å². The number of rotatable bonds is 3. The molecule has 1 fully saturated rings. The summed E-state index contributed by atoms with van der Waals surface area (Å²) in [6.45, 7) is 1.38. The van der Waals surface area contributed by atoms with E-state index >= 15 is 0 Å². The smallest absolute Gasteiger partial charge is 0.271 e. The number of carbonyl (C=O) groups excluding carboxylic acids is 1. The Morgan fingerprint density at radius 3 is 3.04 bits per heavy atom. The van der Waals surface area contributed by atoms with Crippen LogP contribution in [0, 0.1) is 17.1 Å². The van der Waals surface area contributed by atoms with Crippen LogP contribution in [0.4, 0.5) is 10.1 Å². The summed E-state index contributed by atoms with van der Waals surface area (Å²) in [5.41, 5.74) is 1.06. The Labute approximate surface area is 139 Å². The minimum absolute atomic E-state index is 0.0738. The lowest BCUT2D eigenvalue weighted by atomic mass is 10.0. The SMILES string of the molecule is CNC(=O)c1ccn([C@@H]2CCCN(c3cccc(F)c3C#N)C2)n1. The highest BCUT2D eigenvalue weighted by Gasteiger charge is 2.25. The molecule has 124 valence electrons. The van der Waals surface area contributed by atoms with Crippen LogP contribution in [0.1, 0.15) is 34.9 Å². The van der Waals surface area contributed by atoms with Gasteiger partial charge in [-0.3, -0.25) is 9.48 Å². The first-order chi connectivity index (χ1) is 11.6. The molecule has 1 amide bonds. The summed E-state index contributed by atoms with van der Waals surface area (Å²) in [7, 11) is 1.57. The summed E-state index contributed by atoms with van der Waals surface area (Å²) in [5.74, 6) is -0.726. The van der Waals surface area contributed by atoms with Crippen molar-refractivity contribution >= 4 is 11.6 Å². The van der Waals surface area contributed by atoms with Gasteiger partial charge in [0, 0.05) is 26.3 Å². The molecule has 1 aliphatic heterocycles. The van der Waals surface area contributed by atoms with E-state index in [0.29, 0.717) is 17.9 Å². The highest BCUT2D eigenvalue weighted by Crippen LogP contribution is 2.29. The Kier molecular flexibility index (Phi) is 4.47. The van der Waals surface area contributed by atoms with Crippen molar-refractivity contribution in [3.8, 4) is 6.07 Å². The zero-order valence-corrected chi connectivity index (χ0v) is 13.4. The highest BCUT2D eigenvalue weighted by molar-refractivity contribution is 5.91. The van der Waals surface area contributed by atoms with E-state index in [-0.39, 0.29) is 17.5 Å². The van der Waals surface area contributed by atoms with Crippen molar-refractivity contribution < 1.29 is 9.18 Å². The number of benzene rings is 1. The molecule has 2 aromatic rings. The number of amides is 1. The Hall–Kier alpha value is -2.88. The maximum atomic E-state index is 13.8. The van der Waals surface area contributed by atoms with Gasteiger partial charge < -0.3 is 10.2 Å². The molecule has 6 nitrogen and oxygen atoms in total. The third kappa shape index (κ3) is 2.95. The summed E-state index contributed by atoms with van der Waals surface area (Å²) in [6, 6.07) is 8.39. The molecule has 0 radical (unpaired) electrons. The van der Waals surface area contributed by atoms with Crippen LogP contribution in [0.3, 0.4) is 0 Å². The van der Waals surface area contributed by atoms with E-state index in [1.165, 1.54) is 6.07 Å². The summed E-state index contributed by atoms with van der Waals surface area (Å²) < 4.78 is 15.6. The van der Waals surface area contributed by atoms with Crippen molar-refractivity contribution in [1.29, 1.82) is 5.26 Å². The topological polar surface area (TPSA) is 74.0 Å². The lowest BCUT2D eigenvalue weighted by molar-refractivity contribution is 0.0957. The molecule has 1 aliphatic rings. The molecular formula is C17H18FN5O. The molecule has 1 aromatic carbocycles. The summed E-state index contributed by atoms with van der Waals surface area (Å²) in [5, 5.41) is 16.1. The Morgan fingerprint density at radius 2 is 2.29 bits per heavy atom. The Morgan fingerprint density at radius 1 is 1.46 bits per heavy atom. The average Bonchev–Trinajstić information content (AvgIpc) is 3.11. The molecule has 0 unspecified atom stereocenters. The molecule has 1 atom stereocenters. The maximum absolute atomic E-state index is 13.8. The minimum atomic E-state index is -0.502. The Balaban J connectivity index is 1.83. The van der Waals surface area contributed by atoms with Crippen LogP contribution < -0.4 is 10.2 Å². The maximum Gasteiger partial charge on any atom is 0.271 e. The molecule has 0 saturated carbocycles. The number of piperidine rings is 1. The number of hydrogen-bond donors (Lipinski definition) is 1. The number of halogens is 1. The predicted octanol–water partition coefficient (Wildman–Crippen LogP) is 2.09. The van der Waals surface area contributed by atoms with Gasteiger partial charge in [-0.25, -0.2) is 4.39 Å². The fourth-order valence-corrected chi connectivity index (χ4v) is 3.07. The molecule has 0 aliphatic carbocycles. The second-order valence-electron chi connectivity index (χ2n) is 5.75. The van der Waals surface area contributed by atoms with Crippen LogP contribution in [-0.2, 0) is 0 Å². The first-order valence-corrected chi connectivity index (χ1v) is 7.85. The number of nitrogens with zero attached hydrogens (tertiary/aromatic N) is 4. The van der Waals surface area contributed by atoms with Crippen molar-refractivity contribution in [2.75, 3.05) is 25.0 Å². The molecule has 7 heteroatoms. The lowest BCUT2D eigenvalue weighted by Crippen LogP contribution is -2.37. The lowest BCUT2D eigenvalue weighted by Gasteiger charge is -2.35. The van der Waals surface area contributed by atoms with E-state index in [9.17, 15) is 14.4 Å². The molecule has 2 heterocycles. The normalized spacial score (nSPS) is 17.4. The molecular weight excluding hydrogens is 309 g/mol. The number of nitrogens with one attached hydrogen (secondary N) is 1. The van der Waals surface area contributed by atoms with Crippen molar-refractivity contribution in [2.24, 2.45) is 0 Å². The van der Waals surface area contributed by atoms with Gasteiger partial charge in [-0.15, -0.1) is 0 Å². The van der Waals surface area contributed by atoms with Gasteiger partial charge in [0.05, 0.1) is 11.7 Å². The Bertz CT molecular complexity index is 795. The second-order valence-corrected chi connectivity index (χ2v) is 5.75.